The van der Waals surface area contributed by atoms with E-state index in [1.807, 2.05) is 6.07 Å². The number of halogens is 2. The molecule has 1 atom stereocenters. The van der Waals surface area contributed by atoms with Gasteiger partial charge in [-0.1, -0.05) is 19.9 Å². The van der Waals surface area contributed by atoms with Crippen LogP contribution in [0.25, 0.3) is 0 Å². The minimum atomic E-state index is -0.515. The van der Waals surface area contributed by atoms with Gasteiger partial charge in [-0.3, -0.25) is 0 Å². The molecular weight excluding hydrogens is 276 g/mol. The number of thiophene rings is 1. The summed E-state index contributed by atoms with van der Waals surface area (Å²) < 4.78 is 26.2. The van der Waals surface area contributed by atoms with Crippen LogP contribution in [0.5, 0.6) is 0 Å². The van der Waals surface area contributed by atoms with Gasteiger partial charge in [-0.15, -0.1) is 11.3 Å². The molecule has 1 N–H and O–H groups in total. The van der Waals surface area contributed by atoms with Crippen molar-refractivity contribution in [2.24, 2.45) is 5.92 Å². The quantitative estimate of drug-likeness (QED) is 0.824. The maximum absolute atomic E-state index is 13.1. The van der Waals surface area contributed by atoms with Crippen molar-refractivity contribution in [1.29, 1.82) is 0 Å². The SMILES string of the molecule is CC(C)C(NCCc1cc(F)cc(F)c1)c1cccs1. The third-order valence-electron chi connectivity index (χ3n) is 3.22. The van der Waals surface area contributed by atoms with Crippen LogP contribution >= 0.6 is 11.3 Å². The summed E-state index contributed by atoms with van der Waals surface area (Å²) >= 11 is 1.73. The van der Waals surface area contributed by atoms with Crippen molar-refractivity contribution >= 4 is 11.3 Å². The lowest BCUT2D eigenvalue weighted by Crippen LogP contribution is -2.27. The lowest BCUT2D eigenvalue weighted by Gasteiger charge is -2.21. The second kappa shape index (κ2) is 6.95. The van der Waals surface area contributed by atoms with Crippen LogP contribution in [0, 0.1) is 17.6 Å². The van der Waals surface area contributed by atoms with Gasteiger partial charge in [-0.05, 0) is 48.0 Å². The number of hydrogen-bond donors (Lipinski definition) is 1. The molecule has 0 bridgehead atoms. The Morgan fingerprint density at radius 3 is 2.40 bits per heavy atom. The Balaban J connectivity index is 1.93. The molecular formula is C16H19F2NS. The summed E-state index contributed by atoms with van der Waals surface area (Å²) in [6, 6.07) is 8.12. The lowest BCUT2D eigenvalue weighted by molar-refractivity contribution is 0.420. The standard InChI is InChI=1S/C16H19F2NS/c1-11(2)16(15-4-3-7-20-15)19-6-5-12-8-13(17)10-14(18)9-12/h3-4,7-11,16,19H,5-6H2,1-2H3. The van der Waals surface area contributed by atoms with E-state index in [9.17, 15) is 8.78 Å². The van der Waals surface area contributed by atoms with Gasteiger partial charge in [-0.2, -0.15) is 0 Å². The third kappa shape index (κ3) is 4.12. The highest BCUT2D eigenvalue weighted by molar-refractivity contribution is 7.10. The van der Waals surface area contributed by atoms with Gasteiger partial charge in [-0.25, -0.2) is 8.78 Å². The van der Waals surface area contributed by atoms with Gasteiger partial charge in [0.2, 0.25) is 0 Å². The zero-order valence-corrected chi connectivity index (χ0v) is 12.5. The van der Waals surface area contributed by atoms with Gasteiger partial charge >= 0.3 is 0 Å². The molecule has 0 aliphatic rings. The van der Waals surface area contributed by atoms with E-state index < -0.39 is 11.6 Å². The summed E-state index contributed by atoms with van der Waals surface area (Å²) in [5.41, 5.74) is 0.684. The first-order valence-corrected chi connectivity index (χ1v) is 7.66. The predicted octanol–water partition coefficient (Wildman–Crippen LogP) is 4.56. The molecule has 1 nitrogen and oxygen atoms in total. The molecule has 20 heavy (non-hydrogen) atoms. The largest absolute Gasteiger partial charge is 0.309 e. The van der Waals surface area contributed by atoms with Crippen LogP contribution in [0.15, 0.2) is 35.7 Å². The Morgan fingerprint density at radius 1 is 1.15 bits per heavy atom. The van der Waals surface area contributed by atoms with Crippen molar-refractivity contribution in [2.75, 3.05) is 6.54 Å². The average molecular weight is 295 g/mol. The summed E-state index contributed by atoms with van der Waals surface area (Å²) in [6.07, 6.45) is 0.614. The molecule has 0 saturated carbocycles. The second-order valence-electron chi connectivity index (χ2n) is 5.22. The first-order chi connectivity index (χ1) is 9.56. The molecule has 0 amide bonds. The van der Waals surface area contributed by atoms with Crippen LogP contribution in [0.4, 0.5) is 8.78 Å². The molecule has 1 aromatic carbocycles. The number of nitrogens with one attached hydrogen (secondary N) is 1. The summed E-state index contributed by atoms with van der Waals surface area (Å²) in [5, 5.41) is 5.54. The zero-order valence-electron chi connectivity index (χ0n) is 11.7. The molecule has 0 fully saturated rings. The molecule has 2 rings (SSSR count). The van der Waals surface area contributed by atoms with Crippen molar-refractivity contribution in [1.82, 2.24) is 5.32 Å². The highest BCUT2D eigenvalue weighted by Crippen LogP contribution is 2.25. The van der Waals surface area contributed by atoms with Gasteiger partial charge in [0.15, 0.2) is 0 Å². The van der Waals surface area contributed by atoms with Gasteiger partial charge in [0.1, 0.15) is 11.6 Å². The molecule has 108 valence electrons. The van der Waals surface area contributed by atoms with Crippen molar-refractivity contribution in [3.05, 3.63) is 57.8 Å². The first-order valence-electron chi connectivity index (χ1n) is 6.78. The van der Waals surface area contributed by atoms with E-state index in [0.717, 1.165) is 6.07 Å². The van der Waals surface area contributed by atoms with E-state index in [2.05, 4.69) is 30.6 Å². The van der Waals surface area contributed by atoms with Crippen LogP contribution in [-0.4, -0.2) is 6.54 Å². The smallest absolute Gasteiger partial charge is 0.126 e. The minimum absolute atomic E-state index is 0.286. The summed E-state index contributed by atoms with van der Waals surface area (Å²) in [5.74, 6) is -0.560. The molecule has 2 aromatic rings. The minimum Gasteiger partial charge on any atom is -0.309 e. The van der Waals surface area contributed by atoms with Crippen molar-refractivity contribution in [3.8, 4) is 0 Å². The number of rotatable bonds is 6. The van der Waals surface area contributed by atoms with Gasteiger partial charge in [0, 0.05) is 17.0 Å². The summed E-state index contributed by atoms with van der Waals surface area (Å²) in [6.45, 7) is 5.03. The molecule has 1 aromatic heterocycles. The molecule has 0 spiro atoms. The summed E-state index contributed by atoms with van der Waals surface area (Å²) in [4.78, 5) is 1.30. The van der Waals surface area contributed by atoms with Crippen LogP contribution in [0.2, 0.25) is 0 Å². The summed E-state index contributed by atoms with van der Waals surface area (Å²) in [7, 11) is 0. The fraction of sp³-hybridized carbons (Fsp3) is 0.375. The fourth-order valence-corrected chi connectivity index (χ4v) is 3.23. The normalized spacial score (nSPS) is 12.8. The molecule has 4 heteroatoms. The molecule has 1 heterocycles. The van der Waals surface area contributed by atoms with E-state index in [1.54, 1.807) is 11.3 Å². The van der Waals surface area contributed by atoms with Crippen LogP contribution in [-0.2, 0) is 6.42 Å². The Kier molecular flexibility index (Phi) is 5.26. The predicted molar refractivity (Wildman–Crippen MR) is 80.0 cm³/mol. The molecule has 0 aliphatic heterocycles. The average Bonchev–Trinajstić information content (AvgIpc) is 2.86. The Bertz CT molecular complexity index is 517. The first kappa shape index (κ1) is 15.1. The van der Waals surface area contributed by atoms with E-state index >= 15 is 0 Å². The second-order valence-corrected chi connectivity index (χ2v) is 6.20. The molecule has 1 unspecified atom stereocenters. The number of benzene rings is 1. The Morgan fingerprint density at radius 2 is 1.85 bits per heavy atom. The molecule has 0 saturated heterocycles. The molecule has 0 radical (unpaired) electrons. The zero-order chi connectivity index (χ0) is 14.5. The lowest BCUT2D eigenvalue weighted by atomic mass is 10.0. The van der Waals surface area contributed by atoms with Crippen LogP contribution in [0.3, 0.4) is 0 Å². The monoisotopic (exact) mass is 295 g/mol. The van der Waals surface area contributed by atoms with Gasteiger partial charge in [0.25, 0.3) is 0 Å². The van der Waals surface area contributed by atoms with Crippen molar-refractivity contribution in [2.45, 2.75) is 26.3 Å². The van der Waals surface area contributed by atoms with Gasteiger partial charge in [0.05, 0.1) is 0 Å². The van der Waals surface area contributed by atoms with Crippen molar-refractivity contribution < 1.29 is 8.78 Å². The topological polar surface area (TPSA) is 12.0 Å². The highest BCUT2D eigenvalue weighted by atomic mass is 32.1. The Labute approximate surface area is 122 Å². The van der Waals surface area contributed by atoms with Crippen LogP contribution in [0.1, 0.15) is 30.3 Å². The van der Waals surface area contributed by atoms with E-state index in [4.69, 9.17) is 0 Å². The fourth-order valence-electron chi connectivity index (χ4n) is 2.26. The maximum Gasteiger partial charge on any atom is 0.126 e. The van der Waals surface area contributed by atoms with E-state index in [0.29, 0.717) is 24.4 Å². The maximum atomic E-state index is 13.1. The van der Waals surface area contributed by atoms with Crippen molar-refractivity contribution in [3.63, 3.8) is 0 Å². The van der Waals surface area contributed by atoms with Crippen LogP contribution < -0.4 is 5.32 Å². The van der Waals surface area contributed by atoms with E-state index in [-0.39, 0.29) is 6.04 Å². The third-order valence-corrected chi connectivity index (χ3v) is 4.17. The number of hydrogen-bond acceptors (Lipinski definition) is 2. The highest BCUT2D eigenvalue weighted by Gasteiger charge is 2.15. The van der Waals surface area contributed by atoms with Gasteiger partial charge < -0.3 is 5.32 Å². The Hall–Kier alpha value is -1.26. The molecule has 0 aliphatic carbocycles. The van der Waals surface area contributed by atoms with E-state index in [1.165, 1.54) is 17.0 Å².